The summed E-state index contributed by atoms with van der Waals surface area (Å²) in [6.45, 7) is 2.67. The van der Waals surface area contributed by atoms with Crippen LogP contribution < -0.4 is 16.0 Å². The van der Waals surface area contributed by atoms with E-state index in [0.29, 0.717) is 12.5 Å². The van der Waals surface area contributed by atoms with Crippen molar-refractivity contribution in [3.05, 3.63) is 11.8 Å². The minimum absolute atomic E-state index is 0.0618. The Morgan fingerprint density at radius 2 is 1.87 bits per heavy atom. The molecule has 1 aromatic rings. The predicted octanol–water partition coefficient (Wildman–Crippen LogP) is 2.87. The Balaban J connectivity index is 1.61. The van der Waals surface area contributed by atoms with E-state index >= 15 is 0 Å². The molecule has 0 radical (unpaired) electrons. The molecule has 1 aliphatic heterocycles. The molecule has 5 nitrogen and oxygen atoms in total. The van der Waals surface area contributed by atoms with Gasteiger partial charge in [0, 0.05) is 18.7 Å². The van der Waals surface area contributed by atoms with Crippen LogP contribution in [0.4, 0.5) is 24.9 Å². The van der Waals surface area contributed by atoms with Crippen LogP contribution in [0.25, 0.3) is 0 Å². The fourth-order valence-electron chi connectivity index (χ4n) is 2.73. The standard InChI is InChI=1S/C15H22F3N5/c16-15(17,18)12-9-13(23-14(22-12)21-11-1-2-11)20-8-5-10-3-6-19-7-4-10/h9-11,19H,1-8H2,(H2,20,21,22,23). The van der Waals surface area contributed by atoms with Crippen LogP contribution in [0.5, 0.6) is 0 Å². The lowest BCUT2D eigenvalue weighted by molar-refractivity contribution is -0.141. The van der Waals surface area contributed by atoms with Gasteiger partial charge in [0.1, 0.15) is 5.82 Å². The van der Waals surface area contributed by atoms with Crippen molar-refractivity contribution in [3.63, 3.8) is 0 Å². The average Bonchev–Trinajstić information content (AvgIpc) is 3.31. The maximum absolute atomic E-state index is 13.0. The lowest BCUT2D eigenvalue weighted by Crippen LogP contribution is -2.28. The molecule has 0 aromatic carbocycles. The summed E-state index contributed by atoms with van der Waals surface area (Å²) in [5.41, 5.74) is -0.903. The van der Waals surface area contributed by atoms with Crippen molar-refractivity contribution < 1.29 is 13.2 Å². The van der Waals surface area contributed by atoms with E-state index in [2.05, 4.69) is 25.9 Å². The second-order valence-electron chi connectivity index (χ2n) is 6.29. The van der Waals surface area contributed by atoms with Gasteiger partial charge < -0.3 is 16.0 Å². The van der Waals surface area contributed by atoms with Crippen molar-refractivity contribution in [1.29, 1.82) is 0 Å². The Kier molecular flexibility index (Phi) is 4.89. The van der Waals surface area contributed by atoms with Crippen LogP contribution in [0.2, 0.25) is 0 Å². The van der Waals surface area contributed by atoms with Gasteiger partial charge in [0.15, 0.2) is 5.69 Å². The molecular formula is C15H22F3N5. The number of piperidine rings is 1. The summed E-state index contributed by atoms with van der Waals surface area (Å²) in [6.07, 6.45) is 0.629. The third-order valence-corrected chi connectivity index (χ3v) is 4.24. The summed E-state index contributed by atoms with van der Waals surface area (Å²) in [6, 6.07) is 1.20. The number of hydrogen-bond acceptors (Lipinski definition) is 5. The van der Waals surface area contributed by atoms with E-state index in [1.54, 1.807) is 0 Å². The van der Waals surface area contributed by atoms with Gasteiger partial charge in [-0.1, -0.05) is 0 Å². The van der Waals surface area contributed by atoms with E-state index in [-0.39, 0.29) is 17.8 Å². The monoisotopic (exact) mass is 329 g/mol. The third-order valence-electron chi connectivity index (χ3n) is 4.24. The van der Waals surface area contributed by atoms with Gasteiger partial charge in [-0.05, 0) is 51.1 Å². The number of halogens is 3. The molecule has 8 heteroatoms. The van der Waals surface area contributed by atoms with Gasteiger partial charge in [-0.3, -0.25) is 0 Å². The summed E-state index contributed by atoms with van der Waals surface area (Å²) in [5.74, 6) is 0.924. The molecule has 1 saturated heterocycles. The van der Waals surface area contributed by atoms with Crippen molar-refractivity contribution in [2.24, 2.45) is 5.92 Å². The molecule has 1 saturated carbocycles. The molecule has 2 aliphatic rings. The molecule has 0 unspecified atom stereocenters. The normalized spacial score (nSPS) is 19.6. The summed E-state index contributed by atoms with van der Waals surface area (Å²) in [7, 11) is 0. The minimum atomic E-state index is -4.46. The Hall–Kier alpha value is -1.57. The molecule has 0 bridgehead atoms. The van der Waals surface area contributed by atoms with Crippen molar-refractivity contribution >= 4 is 11.8 Å². The fourth-order valence-corrected chi connectivity index (χ4v) is 2.73. The molecular weight excluding hydrogens is 307 g/mol. The van der Waals surface area contributed by atoms with Gasteiger partial charge >= 0.3 is 6.18 Å². The highest BCUT2D eigenvalue weighted by molar-refractivity contribution is 5.44. The van der Waals surface area contributed by atoms with Crippen LogP contribution in [0.15, 0.2) is 6.07 Å². The van der Waals surface area contributed by atoms with Crippen molar-refractivity contribution in [2.75, 3.05) is 30.3 Å². The van der Waals surface area contributed by atoms with Crippen molar-refractivity contribution in [1.82, 2.24) is 15.3 Å². The van der Waals surface area contributed by atoms with Gasteiger partial charge in [0.2, 0.25) is 5.95 Å². The molecule has 1 aliphatic carbocycles. The average molecular weight is 329 g/mol. The number of alkyl halides is 3. The molecule has 2 heterocycles. The second-order valence-corrected chi connectivity index (χ2v) is 6.29. The van der Waals surface area contributed by atoms with E-state index in [0.717, 1.165) is 51.3 Å². The van der Waals surface area contributed by atoms with Gasteiger partial charge in [-0.15, -0.1) is 0 Å². The summed E-state index contributed by atoms with van der Waals surface area (Å²) in [4.78, 5) is 7.75. The van der Waals surface area contributed by atoms with E-state index in [1.165, 1.54) is 0 Å². The first-order valence-corrected chi connectivity index (χ1v) is 8.18. The van der Waals surface area contributed by atoms with E-state index < -0.39 is 11.9 Å². The molecule has 0 amide bonds. The topological polar surface area (TPSA) is 61.9 Å². The minimum Gasteiger partial charge on any atom is -0.370 e. The van der Waals surface area contributed by atoms with E-state index in [1.807, 2.05) is 0 Å². The van der Waals surface area contributed by atoms with Crippen molar-refractivity contribution in [3.8, 4) is 0 Å². The van der Waals surface area contributed by atoms with Gasteiger partial charge in [-0.25, -0.2) is 4.98 Å². The maximum Gasteiger partial charge on any atom is 0.433 e. The Morgan fingerprint density at radius 3 is 2.52 bits per heavy atom. The lowest BCUT2D eigenvalue weighted by Gasteiger charge is -2.22. The first kappa shape index (κ1) is 16.3. The molecule has 23 heavy (non-hydrogen) atoms. The van der Waals surface area contributed by atoms with E-state index in [4.69, 9.17) is 0 Å². The highest BCUT2D eigenvalue weighted by Gasteiger charge is 2.34. The summed E-state index contributed by atoms with van der Waals surface area (Å²) in [5, 5.41) is 9.27. The number of hydrogen-bond donors (Lipinski definition) is 3. The van der Waals surface area contributed by atoms with Crippen LogP contribution >= 0.6 is 0 Å². The highest BCUT2D eigenvalue weighted by atomic mass is 19.4. The first-order valence-electron chi connectivity index (χ1n) is 8.18. The molecule has 128 valence electrons. The zero-order chi connectivity index (χ0) is 16.3. The van der Waals surface area contributed by atoms with Crippen LogP contribution in [0, 0.1) is 5.92 Å². The zero-order valence-corrected chi connectivity index (χ0v) is 12.9. The number of nitrogens with one attached hydrogen (secondary N) is 3. The number of anilines is 2. The van der Waals surface area contributed by atoms with Crippen LogP contribution in [0.1, 0.15) is 37.8 Å². The predicted molar refractivity (Wildman–Crippen MR) is 82.4 cm³/mol. The quantitative estimate of drug-likeness (QED) is 0.749. The smallest absolute Gasteiger partial charge is 0.370 e. The molecule has 3 N–H and O–H groups in total. The SMILES string of the molecule is FC(F)(F)c1cc(NCCC2CCNCC2)nc(NC2CC2)n1. The largest absolute Gasteiger partial charge is 0.433 e. The van der Waals surface area contributed by atoms with Crippen LogP contribution in [0.3, 0.4) is 0 Å². The van der Waals surface area contributed by atoms with Gasteiger partial charge in [0.25, 0.3) is 0 Å². The van der Waals surface area contributed by atoms with E-state index in [9.17, 15) is 13.2 Å². The highest BCUT2D eigenvalue weighted by Crippen LogP contribution is 2.31. The Bertz CT molecular complexity index is 524. The molecule has 2 fully saturated rings. The van der Waals surface area contributed by atoms with Crippen LogP contribution in [-0.4, -0.2) is 35.6 Å². The maximum atomic E-state index is 13.0. The third kappa shape index (κ3) is 4.95. The molecule has 0 spiro atoms. The zero-order valence-electron chi connectivity index (χ0n) is 12.9. The summed E-state index contributed by atoms with van der Waals surface area (Å²) < 4.78 is 38.9. The van der Waals surface area contributed by atoms with Gasteiger partial charge in [0.05, 0.1) is 0 Å². The Labute approximate surface area is 133 Å². The second kappa shape index (κ2) is 6.90. The lowest BCUT2D eigenvalue weighted by atomic mass is 9.95. The fraction of sp³-hybridized carbons (Fsp3) is 0.733. The number of rotatable bonds is 6. The van der Waals surface area contributed by atoms with Gasteiger partial charge in [-0.2, -0.15) is 18.2 Å². The van der Waals surface area contributed by atoms with Crippen molar-refractivity contribution in [2.45, 2.75) is 44.3 Å². The Morgan fingerprint density at radius 1 is 1.13 bits per heavy atom. The molecule has 0 atom stereocenters. The molecule has 3 rings (SSSR count). The number of nitrogens with zero attached hydrogens (tertiary/aromatic N) is 2. The summed E-state index contributed by atoms with van der Waals surface area (Å²) >= 11 is 0. The molecule has 1 aromatic heterocycles. The number of aromatic nitrogens is 2. The van der Waals surface area contributed by atoms with Crippen LogP contribution in [-0.2, 0) is 6.18 Å². The first-order chi connectivity index (χ1) is 11.0.